The minimum Gasteiger partial charge on any atom is -0.423 e. The monoisotopic (exact) mass is 178 g/mol. The molecule has 0 unspecified atom stereocenters. The second-order valence-corrected chi connectivity index (χ2v) is 2.87. The third-order valence-corrected chi connectivity index (χ3v) is 1.91. The Kier molecular flexibility index (Phi) is 3.22. The second-order valence-electron chi connectivity index (χ2n) is 2.87. The maximum Gasteiger partial charge on any atom is 0.491 e. The van der Waals surface area contributed by atoms with Gasteiger partial charge in [-0.1, -0.05) is 18.7 Å². The molecule has 1 rings (SSSR count). The molecule has 0 atom stereocenters. The molecule has 0 fully saturated rings. The molecule has 0 saturated carbocycles. The second kappa shape index (κ2) is 4.21. The summed E-state index contributed by atoms with van der Waals surface area (Å²) in [5.74, 6) is 0. The molecule has 0 saturated heterocycles. The van der Waals surface area contributed by atoms with Gasteiger partial charge in [0.1, 0.15) is 6.29 Å². The first-order valence-corrected chi connectivity index (χ1v) is 3.97. The zero-order valence-electron chi connectivity index (χ0n) is 7.49. The van der Waals surface area contributed by atoms with Crippen LogP contribution in [0.2, 0.25) is 0 Å². The van der Waals surface area contributed by atoms with Gasteiger partial charge in [-0.2, -0.15) is 0 Å². The van der Waals surface area contributed by atoms with Crippen LogP contribution in [0.5, 0.6) is 0 Å². The van der Waals surface area contributed by atoms with E-state index in [4.69, 9.17) is 4.65 Å². The molecule has 0 bridgehead atoms. The lowest BCUT2D eigenvalue weighted by atomic mass is 9.78. The van der Waals surface area contributed by atoms with Crippen LogP contribution in [0.1, 0.15) is 6.92 Å². The normalized spacial score (nSPS) is 18.0. The number of hydrogen-bond donors (Lipinski definition) is 1. The topological polar surface area (TPSA) is 46.5 Å². The summed E-state index contributed by atoms with van der Waals surface area (Å²) in [5.41, 5.74) is 2.04. The fraction of sp³-hybridized carbons (Fsp3) is 0.222. The van der Waals surface area contributed by atoms with Crippen LogP contribution in [0.25, 0.3) is 0 Å². The lowest BCUT2D eigenvalue weighted by Crippen LogP contribution is -2.14. The zero-order valence-corrected chi connectivity index (χ0v) is 7.49. The Morgan fingerprint density at radius 3 is 2.85 bits per heavy atom. The van der Waals surface area contributed by atoms with Gasteiger partial charge in [0.25, 0.3) is 0 Å². The van der Waals surface area contributed by atoms with Gasteiger partial charge in [-0.15, -0.1) is 0 Å². The van der Waals surface area contributed by atoms with Crippen LogP contribution in [0.4, 0.5) is 0 Å². The molecule has 68 valence electrons. The Hall–Kier alpha value is -1.13. The average molecular weight is 178 g/mol. The fourth-order valence-electron chi connectivity index (χ4n) is 1.10. The lowest BCUT2D eigenvalue weighted by Gasteiger charge is -1.97. The molecule has 1 aliphatic rings. The molecule has 1 N–H and O–H groups in total. The molecule has 3 nitrogen and oxygen atoms in total. The van der Waals surface area contributed by atoms with Crippen molar-refractivity contribution in [2.24, 2.45) is 0 Å². The van der Waals surface area contributed by atoms with Crippen LogP contribution in [0.3, 0.4) is 0 Å². The van der Waals surface area contributed by atoms with E-state index in [-0.39, 0.29) is 0 Å². The SMILES string of the molecule is C=C/C(C=O)=C\C1=C(C)COB1O. The first-order valence-electron chi connectivity index (χ1n) is 3.97. The van der Waals surface area contributed by atoms with Crippen LogP contribution >= 0.6 is 0 Å². The van der Waals surface area contributed by atoms with Crippen molar-refractivity contribution in [3.05, 3.63) is 35.3 Å². The molecule has 0 aromatic heterocycles. The molecule has 0 aromatic rings. The van der Waals surface area contributed by atoms with E-state index in [9.17, 15) is 9.82 Å². The first kappa shape index (κ1) is 9.96. The van der Waals surface area contributed by atoms with E-state index in [0.29, 0.717) is 23.9 Å². The van der Waals surface area contributed by atoms with Gasteiger partial charge in [0, 0.05) is 5.57 Å². The van der Waals surface area contributed by atoms with Gasteiger partial charge < -0.3 is 9.68 Å². The first-order chi connectivity index (χ1) is 6.19. The highest BCUT2D eigenvalue weighted by Gasteiger charge is 2.26. The van der Waals surface area contributed by atoms with E-state index in [0.717, 1.165) is 5.57 Å². The van der Waals surface area contributed by atoms with Crippen molar-refractivity contribution in [3.8, 4) is 0 Å². The average Bonchev–Trinajstić information content (AvgIpc) is 2.44. The van der Waals surface area contributed by atoms with Gasteiger partial charge in [-0.3, -0.25) is 4.79 Å². The number of rotatable bonds is 3. The summed E-state index contributed by atoms with van der Waals surface area (Å²) in [7, 11) is -0.908. The number of hydrogen-bond acceptors (Lipinski definition) is 3. The van der Waals surface area contributed by atoms with Crippen LogP contribution in [0.15, 0.2) is 35.3 Å². The van der Waals surface area contributed by atoms with Crippen LogP contribution < -0.4 is 0 Å². The standard InChI is InChI=1S/C9H11BO3/c1-3-8(5-11)4-9-7(2)6-13-10(9)12/h3-5,12H,1,6H2,2H3/b8-4+. The largest absolute Gasteiger partial charge is 0.491 e. The fourth-order valence-corrected chi connectivity index (χ4v) is 1.10. The summed E-state index contributed by atoms with van der Waals surface area (Å²) < 4.78 is 4.95. The minimum atomic E-state index is -0.908. The summed E-state index contributed by atoms with van der Waals surface area (Å²) >= 11 is 0. The number of aldehydes is 1. The Morgan fingerprint density at radius 1 is 1.77 bits per heavy atom. The Bertz CT molecular complexity index is 281. The van der Waals surface area contributed by atoms with Gasteiger partial charge in [0.05, 0.1) is 6.61 Å². The molecular weight excluding hydrogens is 167 g/mol. The third kappa shape index (κ3) is 2.17. The molecule has 0 aromatic carbocycles. The maximum atomic E-state index is 10.5. The van der Waals surface area contributed by atoms with Crippen molar-refractivity contribution in [2.75, 3.05) is 6.61 Å². The van der Waals surface area contributed by atoms with Crippen LogP contribution in [-0.4, -0.2) is 25.0 Å². The molecule has 0 amide bonds. The van der Waals surface area contributed by atoms with Gasteiger partial charge >= 0.3 is 7.12 Å². The molecule has 0 aliphatic carbocycles. The summed E-state index contributed by atoms with van der Waals surface area (Å²) in [6, 6.07) is 0. The molecule has 4 heteroatoms. The van der Waals surface area contributed by atoms with Crippen molar-refractivity contribution in [1.82, 2.24) is 0 Å². The summed E-state index contributed by atoms with van der Waals surface area (Å²) in [4.78, 5) is 10.5. The van der Waals surface area contributed by atoms with Crippen molar-refractivity contribution < 1.29 is 14.5 Å². The van der Waals surface area contributed by atoms with Crippen LogP contribution in [-0.2, 0) is 9.45 Å². The van der Waals surface area contributed by atoms with Crippen molar-refractivity contribution >= 4 is 13.4 Å². The molecular formula is C9H11BO3. The maximum absolute atomic E-state index is 10.5. The highest BCUT2D eigenvalue weighted by Crippen LogP contribution is 2.18. The Balaban J connectivity index is 2.94. The van der Waals surface area contributed by atoms with E-state index < -0.39 is 7.12 Å². The molecule has 0 radical (unpaired) electrons. The van der Waals surface area contributed by atoms with Crippen molar-refractivity contribution in [1.29, 1.82) is 0 Å². The van der Waals surface area contributed by atoms with Crippen LogP contribution in [0, 0.1) is 0 Å². The molecule has 0 spiro atoms. The summed E-state index contributed by atoms with van der Waals surface area (Å²) in [6.07, 6.45) is 3.73. The lowest BCUT2D eigenvalue weighted by molar-refractivity contribution is -0.104. The predicted octanol–water partition coefficient (Wildman–Crippen LogP) is 0.664. The van der Waals surface area contributed by atoms with Gasteiger partial charge in [-0.05, 0) is 18.0 Å². The predicted molar refractivity (Wildman–Crippen MR) is 51.0 cm³/mol. The smallest absolute Gasteiger partial charge is 0.423 e. The van der Waals surface area contributed by atoms with Crippen molar-refractivity contribution in [3.63, 3.8) is 0 Å². The number of carbonyl (C=O) groups is 1. The minimum absolute atomic E-state index is 0.413. The molecule has 1 heterocycles. The summed E-state index contributed by atoms with van der Waals surface area (Å²) in [6.45, 7) is 5.75. The Morgan fingerprint density at radius 2 is 2.46 bits per heavy atom. The summed E-state index contributed by atoms with van der Waals surface area (Å²) in [5, 5.41) is 9.32. The number of carbonyl (C=O) groups excluding carboxylic acids is 1. The molecule has 1 aliphatic heterocycles. The highest BCUT2D eigenvalue weighted by molar-refractivity contribution is 6.54. The third-order valence-electron chi connectivity index (χ3n) is 1.91. The van der Waals surface area contributed by atoms with E-state index >= 15 is 0 Å². The van der Waals surface area contributed by atoms with E-state index in [1.807, 2.05) is 6.92 Å². The zero-order chi connectivity index (χ0) is 9.84. The van der Waals surface area contributed by atoms with Gasteiger partial charge in [0.2, 0.25) is 0 Å². The quantitative estimate of drug-likeness (QED) is 0.299. The molecule has 13 heavy (non-hydrogen) atoms. The van der Waals surface area contributed by atoms with E-state index in [2.05, 4.69) is 6.58 Å². The highest BCUT2D eigenvalue weighted by atomic mass is 16.5. The van der Waals surface area contributed by atoms with E-state index in [1.54, 1.807) is 6.08 Å². The van der Waals surface area contributed by atoms with Gasteiger partial charge in [-0.25, -0.2) is 0 Å². The van der Waals surface area contributed by atoms with Crippen molar-refractivity contribution in [2.45, 2.75) is 6.92 Å². The van der Waals surface area contributed by atoms with E-state index in [1.165, 1.54) is 6.08 Å². The Labute approximate surface area is 77.5 Å². The van der Waals surface area contributed by atoms with Gasteiger partial charge in [0.15, 0.2) is 0 Å². The number of allylic oxidation sites excluding steroid dienone is 4.